The highest BCUT2D eigenvalue weighted by Gasteiger charge is 2.17. The van der Waals surface area contributed by atoms with Gasteiger partial charge in [0.2, 0.25) is 0 Å². The quantitative estimate of drug-likeness (QED) is 0.892. The summed E-state index contributed by atoms with van der Waals surface area (Å²) in [6, 6.07) is 9.45. The van der Waals surface area contributed by atoms with Gasteiger partial charge in [0.05, 0.1) is 6.26 Å². The third-order valence-corrected chi connectivity index (χ3v) is 4.43. The fourth-order valence-corrected chi connectivity index (χ4v) is 3.30. The molecular formula is C18H23NO. The van der Waals surface area contributed by atoms with E-state index in [1.807, 2.05) is 7.05 Å². The number of hydrogen-bond acceptors (Lipinski definition) is 2. The molecule has 0 saturated heterocycles. The van der Waals surface area contributed by atoms with Crippen LogP contribution in [0, 0.1) is 0 Å². The Morgan fingerprint density at radius 2 is 2.05 bits per heavy atom. The van der Waals surface area contributed by atoms with Crippen molar-refractivity contribution in [1.29, 1.82) is 0 Å². The van der Waals surface area contributed by atoms with Crippen LogP contribution < -0.4 is 5.32 Å². The molecular weight excluding hydrogens is 246 g/mol. The standard InChI is InChI=1S/C18H23NO/c1-3-18-16(9-10-20-18)17(19-2)12-13-7-8-14-5-4-6-15(14)11-13/h7-11,17,19H,3-6,12H2,1-2H3. The number of aryl methyl sites for hydroxylation is 3. The van der Waals surface area contributed by atoms with E-state index in [2.05, 4.69) is 36.5 Å². The van der Waals surface area contributed by atoms with Gasteiger partial charge >= 0.3 is 0 Å². The van der Waals surface area contributed by atoms with Crippen molar-refractivity contribution in [3.8, 4) is 0 Å². The largest absolute Gasteiger partial charge is 0.469 e. The van der Waals surface area contributed by atoms with Crippen molar-refractivity contribution < 1.29 is 4.42 Å². The lowest BCUT2D eigenvalue weighted by molar-refractivity contribution is 0.495. The minimum atomic E-state index is 0.336. The topological polar surface area (TPSA) is 25.2 Å². The summed E-state index contributed by atoms with van der Waals surface area (Å²) >= 11 is 0. The van der Waals surface area contributed by atoms with E-state index in [9.17, 15) is 0 Å². The van der Waals surface area contributed by atoms with Crippen LogP contribution in [0.15, 0.2) is 34.9 Å². The summed E-state index contributed by atoms with van der Waals surface area (Å²) in [6.07, 6.45) is 7.60. The molecule has 1 unspecified atom stereocenters. The molecule has 0 aliphatic heterocycles. The van der Waals surface area contributed by atoms with Crippen molar-refractivity contribution in [3.63, 3.8) is 0 Å². The molecule has 1 heterocycles. The molecule has 0 amide bonds. The molecule has 106 valence electrons. The second-order valence-electron chi connectivity index (χ2n) is 5.65. The van der Waals surface area contributed by atoms with Gasteiger partial charge in [0.25, 0.3) is 0 Å². The van der Waals surface area contributed by atoms with Crippen molar-refractivity contribution in [3.05, 3.63) is 58.5 Å². The molecule has 2 nitrogen and oxygen atoms in total. The molecule has 1 atom stereocenters. The predicted molar refractivity (Wildman–Crippen MR) is 82.1 cm³/mol. The molecule has 1 aromatic heterocycles. The Bertz CT molecular complexity index is 585. The Hall–Kier alpha value is -1.54. The Labute approximate surface area is 121 Å². The molecule has 1 aromatic carbocycles. The first kappa shape index (κ1) is 13.4. The average Bonchev–Trinajstić information content (AvgIpc) is 3.12. The van der Waals surface area contributed by atoms with Crippen LogP contribution in [-0.4, -0.2) is 7.05 Å². The summed E-state index contributed by atoms with van der Waals surface area (Å²) in [5.41, 5.74) is 5.83. The molecule has 1 aliphatic rings. The van der Waals surface area contributed by atoms with Crippen LogP contribution in [0.2, 0.25) is 0 Å². The number of nitrogens with one attached hydrogen (secondary N) is 1. The summed E-state index contributed by atoms with van der Waals surface area (Å²) in [6.45, 7) is 2.14. The summed E-state index contributed by atoms with van der Waals surface area (Å²) in [7, 11) is 2.03. The van der Waals surface area contributed by atoms with Gasteiger partial charge in [0.15, 0.2) is 0 Å². The van der Waals surface area contributed by atoms with Crippen LogP contribution in [0.3, 0.4) is 0 Å². The lowest BCUT2D eigenvalue weighted by Gasteiger charge is -2.17. The SMILES string of the molecule is CCc1occc1C(Cc1ccc2c(c1)CCC2)NC. The minimum absolute atomic E-state index is 0.336. The Morgan fingerprint density at radius 3 is 2.85 bits per heavy atom. The number of hydrogen-bond donors (Lipinski definition) is 1. The van der Waals surface area contributed by atoms with E-state index in [-0.39, 0.29) is 0 Å². The van der Waals surface area contributed by atoms with Gasteiger partial charge in [0, 0.05) is 18.0 Å². The molecule has 3 rings (SSSR count). The second-order valence-corrected chi connectivity index (χ2v) is 5.65. The highest BCUT2D eigenvalue weighted by atomic mass is 16.3. The molecule has 20 heavy (non-hydrogen) atoms. The van der Waals surface area contributed by atoms with E-state index in [4.69, 9.17) is 4.42 Å². The maximum Gasteiger partial charge on any atom is 0.108 e. The van der Waals surface area contributed by atoms with E-state index in [0.717, 1.165) is 18.6 Å². The van der Waals surface area contributed by atoms with Crippen molar-refractivity contribution in [2.45, 2.75) is 45.1 Å². The first-order valence-corrected chi connectivity index (χ1v) is 7.66. The van der Waals surface area contributed by atoms with E-state index in [0.29, 0.717) is 6.04 Å². The van der Waals surface area contributed by atoms with Crippen molar-refractivity contribution in [1.82, 2.24) is 5.32 Å². The van der Waals surface area contributed by atoms with Crippen molar-refractivity contribution in [2.24, 2.45) is 0 Å². The summed E-state index contributed by atoms with van der Waals surface area (Å²) < 4.78 is 5.57. The third kappa shape index (κ3) is 2.53. The van der Waals surface area contributed by atoms with Crippen molar-refractivity contribution in [2.75, 3.05) is 7.05 Å². The lowest BCUT2D eigenvalue weighted by atomic mass is 9.96. The van der Waals surface area contributed by atoms with Gasteiger partial charge in [-0.15, -0.1) is 0 Å². The third-order valence-electron chi connectivity index (χ3n) is 4.43. The normalized spacial score (nSPS) is 15.3. The van der Waals surface area contributed by atoms with E-state index in [1.165, 1.54) is 30.4 Å². The van der Waals surface area contributed by atoms with Gasteiger partial charge in [0.1, 0.15) is 5.76 Å². The van der Waals surface area contributed by atoms with Gasteiger partial charge in [-0.1, -0.05) is 25.1 Å². The highest BCUT2D eigenvalue weighted by Crippen LogP contribution is 2.27. The van der Waals surface area contributed by atoms with E-state index >= 15 is 0 Å². The molecule has 1 N–H and O–H groups in total. The van der Waals surface area contributed by atoms with Crippen molar-refractivity contribution >= 4 is 0 Å². The van der Waals surface area contributed by atoms with Crippen LogP contribution in [0.4, 0.5) is 0 Å². The summed E-state index contributed by atoms with van der Waals surface area (Å²) in [4.78, 5) is 0. The molecule has 2 heteroatoms. The van der Waals surface area contributed by atoms with Crippen LogP contribution in [0.1, 0.15) is 47.4 Å². The Kier molecular flexibility index (Phi) is 3.93. The zero-order valence-electron chi connectivity index (χ0n) is 12.4. The molecule has 0 spiro atoms. The molecule has 0 fully saturated rings. The zero-order chi connectivity index (χ0) is 13.9. The molecule has 0 radical (unpaired) electrons. The minimum Gasteiger partial charge on any atom is -0.469 e. The van der Waals surface area contributed by atoms with Gasteiger partial charge in [-0.3, -0.25) is 0 Å². The van der Waals surface area contributed by atoms with Crippen LogP contribution in [-0.2, 0) is 25.7 Å². The number of furan rings is 1. The Morgan fingerprint density at radius 1 is 1.20 bits per heavy atom. The van der Waals surface area contributed by atoms with Crippen LogP contribution in [0.5, 0.6) is 0 Å². The molecule has 1 aliphatic carbocycles. The maximum absolute atomic E-state index is 5.57. The monoisotopic (exact) mass is 269 g/mol. The molecule has 0 bridgehead atoms. The second kappa shape index (κ2) is 5.84. The smallest absolute Gasteiger partial charge is 0.108 e. The van der Waals surface area contributed by atoms with E-state index in [1.54, 1.807) is 17.4 Å². The molecule has 2 aromatic rings. The lowest BCUT2D eigenvalue weighted by Crippen LogP contribution is -2.19. The number of fused-ring (bicyclic) bond motifs is 1. The van der Waals surface area contributed by atoms with Gasteiger partial charge in [-0.25, -0.2) is 0 Å². The highest BCUT2D eigenvalue weighted by molar-refractivity contribution is 5.36. The van der Waals surface area contributed by atoms with E-state index < -0.39 is 0 Å². The predicted octanol–water partition coefficient (Wildman–Crippen LogP) is 3.83. The van der Waals surface area contributed by atoms with Crippen LogP contribution in [0.25, 0.3) is 0 Å². The summed E-state index contributed by atoms with van der Waals surface area (Å²) in [5, 5.41) is 3.44. The average molecular weight is 269 g/mol. The number of rotatable bonds is 5. The Balaban J connectivity index is 1.81. The van der Waals surface area contributed by atoms with Gasteiger partial charge < -0.3 is 9.73 Å². The zero-order valence-corrected chi connectivity index (χ0v) is 12.4. The number of benzene rings is 1. The van der Waals surface area contributed by atoms with Gasteiger partial charge in [-0.2, -0.15) is 0 Å². The first-order valence-electron chi connectivity index (χ1n) is 7.66. The van der Waals surface area contributed by atoms with Gasteiger partial charge in [-0.05, 0) is 55.5 Å². The molecule has 0 saturated carbocycles. The summed E-state index contributed by atoms with van der Waals surface area (Å²) in [5.74, 6) is 1.10. The fraction of sp³-hybridized carbons (Fsp3) is 0.444. The number of likely N-dealkylation sites (N-methyl/N-ethyl adjacent to an activating group) is 1. The first-order chi connectivity index (χ1) is 9.81. The fourth-order valence-electron chi connectivity index (χ4n) is 3.30. The van der Waals surface area contributed by atoms with Crippen LogP contribution >= 0.6 is 0 Å². The maximum atomic E-state index is 5.57.